The average molecular weight is 665 g/mol. The lowest BCUT2D eigenvalue weighted by atomic mass is 9.92. The van der Waals surface area contributed by atoms with E-state index in [0.717, 1.165) is 12.0 Å². The SMILES string of the molecule is CN1CC(=O)N2[C@H](C1=O)[C@@H](O[Si](C)(C)C1=Cc3ccccc3C1)[C@]1(Br)c3ccccc3N(S(=O)(=O)c3ccccc3)[C@H]21. The summed E-state index contributed by atoms with van der Waals surface area (Å²) in [6.07, 6.45) is 1.05. The minimum Gasteiger partial charge on any atom is -0.406 e. The summed E-state index contributed by atoms with van der Waals surface area (Å²) in [5.41, 5.74) is 3.52. The van der Waals surface area contributed by atoms with E-state index >= 15 is 0 Å². The molecule has 0 radical (unpaired) electrons. The van der Waals surface area contributed by atoms with E-state index in [-0.39, 0.29) is 23.3 Å². The van der Waals surface area contributed by atoms with Gasteiger partial charge in [0.25, 0.3) is 10.0 Å². The van der Waals surface area contributed by atoms with Gasteiger partial charge < -0.3 is 14.2 Å². The highest BCUT2D eigenvalue weighted by Crippen LogP contribution is 2.61. The first kappa shape index (κ1) is 27.6. The molecule has 0 saturated carbocycles. The Kier molecular flexibility index (Phi) is 6.15. The van der Waals surface area contributed by atoms with E-state index < -0.39 is 41.0 Å². The minimum absolute atomic E-state index is 0.106. The van der Waals surface area contributed by atoms with Gasteiger partial charge in [-0.1, -0.05) is 87.9 Å². The number of allylic oxidation sites excluding steroid dienone is 1. The van der Waals surface area contributed by atoms with Crippen LogP contribution in [0, 0.1) is 0 Å². The number of carbonyl (C=O) groups excluding carboxylic acids is 2. The van der Waals surface area contributed by atoms with Crippen LogP contribution in [0.15, 0.2) is 89.0 Å². The topological polar surface area (TPSA) is 87.2 Å². The van der Waals surface area contributed by atoms with Crippen LogP contribution >= 0.6 is 15.9 Å². The number of anilines is 1. The first-order valence-corrected chi connectivity index (χ1v) is 19.0. The van der Waals surface area contributed by atoms with Gasteiger partial charge >= 0.3 is 0 Å². The Morgan fingerprint density at radius 3 is 2.36 bits per heavy atom. The quantitative estimate of drug-likeness (QED) is 0.301. The van der Waals surface area contributed by atoms with Crippen molar-refractivity contribution in [2.24, 2.45) is 0 Å². The molecule has 8 nitrogen and oxygen atoms in total. The highest BCUT2D eigenvalue weighted by molar-refractivity contribution is 9.09. The van der Waals surface area contributed by atoms with Gasteiger partial charge in [0.1, 0.15) is 16.5 Å². The van der Waals surface area contributed by atoms with E-state index in [0.29, 0.717) is 11.3 Å². The van der Waals surface area contributed by atoms with Gasteiger partial charge in [-0.3, -0.25) is 9.59 Å². The van der Waals surface area contributed by atoms with E-state index in [9.17, 15) is 18.0 Å². The number of halogens is 1. The van der Waals surface area contributed by atoms with Crippen molar-refractivity contribution < 1.29 is 22.4 Å². The number of fused-ring (bicyclic) bond motifs is 6. The summed E-state index contributed by atoms with van der Waals surface area (Å²) < 4.78 is 36.0. The van der Waals surface area contributed by atoms with Crippen LogP contribution in [-0.2, 0) is 34.8 Å². The predicted octanol–water partition coefficient (Wildman–Crippen LogP) is 4.26. The van der Waals surface area contributed by atoms with Gasteiger partial charge in [0.05, 0.1) is 23.2 Å². The minimum atomic E-state index is -4.14. The fourth-order valence-electron chi connectivity index (χ4n) is 6.88. The normalized spacial score (nSPS) is 26.6. The maximum Gasteiger partial charge on any atom is 0.266 e. The molecule has 216 valence electrons. The number of sulfonamides is 1. The molecule has 3 heterocycles. The van der Waals surface area contributed by atoms with Crippen molar-refractivity contribution in [2.75, 3.05) is 17.9 Å². The summed E-state index contributed by atoms with van der Waals surface area (Å²) in [4.78, 5) is 30.7. The zero-order valence-electron chi connectivity index (χ0n) is 23.4. The Morgan fingerprint density at radius 2 is 1.62 bits per heavy atom. The number of hydrogen-bond donors (Lipinski definition) is 0. The van der Waals surface area contributed by atoms with Gasteiger partial charge in [0.15, 0.2) is 0 Å². The van der Waals surface area contributed by atoms with Crippen LogP contribution in [0.2, 0.25) is 13.1 Å². The second-order valence-corrected chi connectivity index (χ2v) is 18.8. The smallest absolute Gasteiger partial charge is 0.266 e. The third-order valence-electron chi connectivity index (χ3n) is 8.97. The summed E-state index contributed by atoms with van der Waals surface area (Å²) in [6, 6.07) is 22.7. The summed E-state index contributed by atoms with van der Waals surface area (Å²) in [6.45, 7) is 4.08. The number of rotatable bonds is 5. The lowest BCUT2D eigenvalue weighted by Crippen LogP contribution is -2.63. The standard InChI is InChI=1S/C31H30BrN3O5SSi/c1-33-19-26(36)34-27(29(33)37)28(40-42(2,3)23-17-20-11-7-8-12-21(20)18-23)31(32)24-15-9-10-16-25(24)35(30(31)34)41(38,39)22-13-5-4-6-14-22/h4-17,27-28,30H,18-19H2,1-3H3/t27-,28+,30-,31+/m0/s1. The van der Waals surface area contributed by atoms with Crippen LogP contribution in [0.25, 0.3) is 6.08 Å². The number of hydrogen-bond acceptors (Lipinski definition) is 5. The van der Waals surface area contributed by atoms with E-state index in [2.05, 4.69) is 47.2 Å². The Labute approximate surface area is 254 Å². The Bertz CT molecular complexity index is 1780. The molecular formula is C31H30BrN3O5SSi. The molecule has 2 saturated heterocycles. The van der Waals surface area contributed by atoms with Crippen molar-refractivity contribution in [3.05, 3.63) is 101 Å². The molecule has 0 bridgehead atoms. The zero-order valence-corrected chi connectivity index (χ0v) is 26.8. The largest absolute Gasteiger partial charge is 0.406 e. The molecule has 0 unspecified atom stereocenters. The van der Waals surface area contributed by atoms with Crippen molar-refractivity contribution in [3.63, 3.8) is 0 Å². The summed E-state index contributed by atoms with van der Waals surface area (Å²) in [7, 11) is -5.22. The molecule has 42 heavy (non-hydrogen) atoms. The first-order chi connectivity index (χ1) is 20.0. The molecule has 3 aromatic rings. The van der Waals surface area contributed by atoms with Crippen molar-refractivity contribution >= 4 is 57.8 Å². The zero-order chi connectivity index (χ0) is 29.6. The third-order valence-corrected chi connectivity index (χ3v) is 14.7. The van der Waals surface area contributed by atoms with Gasteiger partial charge in [0, 0.05) is 7.05 Å². The summed E-state index contributed by atoms with van der Waals surface area (Å²) in [5, 5.41) is 1.18. The van der Waals surface area contributed by atoms with Crippen LogP contribution in [0.5, 0.6) is 0 Å². The lowest BCUT2D eigenvalue weighted by molar-refractivity contribution is -0.155. The molecule has 4 atom stereocenters. The van der Waals surface area contributed by atoms with Crippen molar-refractivity contribution in [1.29, 1.82) is 0 Å². The number of para-hydroxylation sites is 1. The number of carbonyl (C=O) groups is 2. The Morgan fingerprint density at radius 1 is 0.952 bits per heavy atom. The number of alkyl halides is 1. The van der Waals surface area contributed by atoms with Crippen LogP contribution < -0.4 is 4.31 Å². The van der Waals surface area contributed by atoms with E-state index in [1.165, 1.54) is 24.9 Å². The molecule has 7 rings (SSSR count). The fourth-order valence-corrected chi connectivity index (χ4v) is 12.2. The number of piperazine rings is 1. The van der Waals surface area contributed by atoms with Crippen molar-refractivity contribution in [1.82, 2.24) is 9.80 Å². The highest BCUT2D eigenvalue weighted by atomic mass is 79.9. The van der Waals surface area contributed by atoms with E-state index in [4.69, 9.17) is 4.43 Å². The van der Waals surface area contributed by atoms with Crippen LogP contribution in [0.4, 0.5) is 5.69 Å². The molecule has 11 heteroatoms. The molecule has 2 amide bonds. The van der Waals surface area contributed by atoms with Gasteiger partial charge in [0.2, 0.25) is 20.1 Å². The van der Waals surface area contributed by atoms with Crippen LogP contribution in [-0.4, -0.2) is 70.3 Å². The van der Waals surface area contributed by atoms with Gasteiger partial charge in [-0.15, -0.1) is 0 Å². The Hall–Kier alpha value is -3.25. The maximum absolute atomic E-state index is 14.4. The van der Waals surface area contributed by atoms with E-state index in [1.54, 1.807) is 49.5 Å². The van der Waals surface area contributed by atoms with Gasteiger partial charge in [-0.25, -0.2) is 12.7 Å². The first-order valence-electron chi connectivity index (χ1n) is 13.9. The van der Waals surface area contributed by atoms with Crippen molar-refractivity contribution in [3.8, 4) is 0 Å². The molecule has 1 aliphatic carbocycles. The second kappa shape index (κ2) is 9.37. The monoisotopic (exact) mass is 663 g/mol. The maximum atomic E-state index is 14.4. The fraction of sp³-hybridized carbons (Fsp3) is 0.290. The lowest BCUT2D eigenvalue weighted by Gasteiger charge is -2.41. The summed E-state index contributed by atoms with van der Waals surface area (Å²) >= 11 is 4.01. The van der Waals surface area contributed by atoms with E-state index in [1.807, 2.05) is 24.3 Å². The molecule has 3 aliphatic heterocycles. The molecule has 0 N–H and O–H groups in total. The van der Waals surface area contributed by atoms with Crippen molar-refractivity contribution in [2.45, 2.75) is 47.0 Å². The molecule has 3 aromatic carbocycles. The van der Waals surface area contributed by atoms with Gasteiger partial charge in [-0.2, -0.15) is 0 Å². The number of nitrogens with zero attached hydrogens (tertiary/aromatic N) is 3. The molecule has 2 fully saturated rings. The number of likely N-dealkylation sites (N-methyl/N-ethyl adjacent to an activating group) is 1. The molecular weight excluding hydrogens is 634 g/mol. The average Bonchev–Trinajstić information content (AvgIpc) is 3.60. The molecule has 4 aliphatic rings. The highest BCUT2D eigenvalue weighted by Gasteiger charge is 2.72. The van der Waals surface area contributed by atoms with Crippen LogP contribution in [0.1, 0.15) is 16.7 Å². The number of amides is 2. The Balaban J connectivity index is 1.40. The van der Waals surface area contributed by atoms with Gasteiger partial charge in [-0.05, 0) is 54.4 Å². The predicted molar refractivity (Wildman–Crippen MR) is 166 cm³/mol. The van der Waals surface area contributed by atoms with Crippen LogP contribution in [0.3, 0.4) is 0 Å². The number of benzene rings is 3. The third kappa shape index (κ3) is 3.76. The molecule has 0 spiro atoms. The molecule has 0 aromatic heterocycles. The summed E-state index contributed by atoms with van der Waals surface area (Å²) in [5.74, 6) is -0.592. The second-order valence-electron chi connectivity index (χ2n) is 11.8.